The summed E-state index contributed by atoms with van der Waals surface area (Å²) in [5, 5.41) is 13.0. The van der Waals surface area contributed by atoms with Gasteiger partial charge in [-0.25, -0.2) is 9.18 Å². The molecule has 0 aliphatic rings. The zero-order valence-corrected chi connectivity index (χ0v) is 10.6. The Labute approximate surface area is 109 Å². The minimum atomic E-state index is -1.05. The van der Waals surface area contributed by atoms with Crippen molar-refractivity contribution in [2.24, 2.45) is 0 Å². The molecule has 0 aliphatic heterocycles. The number of aromatic carboxylic acids is 1. The molecule has 1 heterocycles. The van der Waals surface area contributed by atoms with E-state index < -0.39 is 11.8 Å². The molecular formula is C13H13FN2O3. The van der Waals surface area contributed by atoms with Gasteiger partial charge in [-0.15, -0.1) is 0 Å². The first kappa shape index (κ1) is 13.1. The van der Waals surface area contributed by atoms with Gasteiger partial charge < -0.3 is 9.84 Å². The molecule has 0 atom stereocenters. The van der Waals surface area contributed by atoms with Gasteiger partial charge in [-0.05, 0) is 13.0 Å². The van der Waals surface area contributed by atoms with Gasteiger partial charge in [0, 0.05) is 11.8 Å². The number of ether oxygens (including phenoxy) is 1. The van der Waals surface area contributed by atoms with Crippen molar-refractivity contribution in [1.29, 1.82) is 0 Å². The van der Waals surface area contributed by atoms with Gasteiger partial charge in [0.2, 0.25) is 0 Å². The number of carboxylic acids is 1. The van der Waals surface area contributed by atoms with Crippen LogP contribution in [0.1, 0.15) is 21.6 Å². The summed E-state index contributed by atoms with van der Waals surface area (Å²) in [6, 6.07) is 4.80. The Morgan fingerprint density at radius 2 is 2.26 bits per heavy atom. The standard InChI is InChI=1S/C13H13FN2O3/c1-8-10(13(17)18)7-16(15-8)6-9-4-3-5-11(19-2)12(9)14/h3-5,7H,6H2,1-2H3,(H,17,18). The molecule has 0 aliphatic carbocycles. The molecule has 0 saturated heterocycles. The topological polar surface area (TPSA) is 64.3 Å². The molecule has 0 spiro atoms. The van der Waals surface area contributed by atoms with Crippen molar-refractivity contribution in [3.8, 4) is 5.75 Å². The van der Waals surface area contributed by atoms with Gasteiger partial charge in [-0.3, -0.25) is 4.68 Å². The van der Waals surface area contributed by atoms with E-state index in [1.807, 2.05) is 0 Å². The Kier molecular flexibility index (Phi) is 3.50. The first-order chi connectivity index (χ1) is 9.02. The molecule has 0 bridgehead atoms. The number of carbonyl (C=O) groups is 1. The lowest BCUT2D eigenvalue weighted by atomic mass is 10.2. The predicted octanol–water partition coefficient (Wildman–Crippen LogP) is 2.09. The molecular weight excluding hydrogens is 251 g/mol. The molecule has 100 valence electrons. The van der Waals surface area contributed by atoms with Crippen LogP contribution in [0.2, 0.25) is 0 Å². The molecule has 5 nitrogen and oxygen atoms in total. The summed E-state index contributed by atoms with van der Waals surface area (Å²) in [7, 11) is 1.39. The molecule has 2 aromatic rings. The quantitative estimate of drug-likeness (QED) is 0.918. The van der Waals surface area contributed by atoms with Crippen LogP contribution in [0.25, 0.3) is 0 Å². The van der Waals surface area contributed by atoms with Gasteiger partial charge in [0.1, 0.15) is 5.56 Å². The highest BCUT2D eigenvalue weighted by Gasteiger charge is 2.14. The number of carboxylic acid groups (broad SMARTS) is 1. The van der Waals surface area contributed by atoms with Crippen LogP contribution in [0.3, 0.4) is 0 Å². The number of rotatable bonds is 4. The molecule has 0 fully saturated rings. The van der Waals surface area contributed by atoms with Crippen molar-refractivity contribution in [3.63, 3.8) is 0 Å². The van der Waals surface area contributed by atoms with E-state index in [0.717, 1.165) is 0 Å². The SMILES string of the molecule is COc1cccc(Cn2cc(C(=O)O)c(C)n2)c1F. The Bertz CT molecular complexity index is 622. The number of benzene rings is 1. The maximum atomic E-state index is 13.9. The molecule has 2 rings (SSSR count). The number of aryl methyl sites for hydroxylation is 1. The Morgan fingerprint density at radius 1 is 1.53 bits per heavy atom. The van der Waals surface area contributed by atoms with Crippen LogP contribution in [-0.4, -0.2) is 28.0 Å². The maximum absolute atomic E-state index is 13.9. The van der Waals surface area contributed by atoms with Crippen LogP contribution in [0.15, 0.2) is 24.4 Å². The highest BCUT2D eigenvalue weighted by Crippen LogP contribution is 2.20. The normalized spacial score (nSPS) is 10.5. The predicted molar refractivity (Wildman–Crippen MR) is 66.0 cm³/mol. The van der Waals surface area contributed by atoms with Gasteiger partial charge >= 0.3 is 5.97 Å². The van der Waals surface area contributed by atoms with Gasteiger partial charge in [0.15, 0.2) is 11.6 Å². The fraction of sp³-hybridized carbons (Fsp3) is 0.231. The zero-order valence-electron chi connectivity index (χ0n) is 10.6. The van der Waals surface area contributed by atoms with E-state index in [1.54, 1.807) is 19.1 Å². The number of methoxy groups -OCH3 is 1. The van der Waals surface area contributed by atoms with E-state index in [4.69, 9.17) is 9.84 Å². The van der Waals surface area contributed by atoms with Crippen LogP contribution in [0.5, 0.6) is 5.75 Å². The van der Waals surface area contributed by atoms with Gasteiger partial charge in [0.25, 0.3) is 0 Å². The summed E-state index contributed by atoms with van der Waals surface area (Å²) in [5.74, 6) is -1.36. The second-order valence-electron chi connectivity index (χ2n) is 4.06. The average Bonchev–Trinajstić information content (AvgIpc) is 2.73. The van der Waals surface area contributed by atoms with Crippen molar-refractivity contribution in [2.75, 3.05) is 7.11 Å². The van der Waals surface area contributed by atoms with Crippen molar-refractivity contribution >= 4 is 5.97 Å². The first-order valence-electron chi connectivity index (χ1n) is 5.61. The third kappa shape index (κ3) is 2.57. The molecule has 1 aromatic carbocycles. The lowest BCUT2D eigenvalue weighted by Crippen LogP contribution is -2.04. The fourth-order valence-electron chi connectivity index (χ4n) is 1.82. The lowest BCUT2D eigenvalue weighted by molar-refractivity contribution is 0.0696. The van der Waals surface area contributed by atoms with E-state index >= 15 is 0 Å². The van der Waals surface area contributed by atoms with E-state index in [0.29, 0.717) is 11.3 Å². The van der Waals surface area contributed by atoms with Gasteiger partial charge in [-0.2, -0.15) is 5.10 Å². The molecule has 0 amide bonds. The number of halogens is 1. The molecule has 1 aromatic heterocycles. The third-order valence-corrected chi connectivity index (χ3v) is 2.77. The van der Waals surface area contributed by atoms with Crippen LogP contribution in [0, 0.1) is 12.7 Å². The Morgan fingerprint density at radius 3 is 2.84 bits per heavy atom. The van der Waals surface area contributed by atoms with E-state index in [1.165, 1.54) is 24.1 Å². The molecule has 6 heteroatoms. The Hall–Kier alpha value is -2.37. The van der Waals surface area contributed by atoms with Crippen LogP contribution >= 0.6 is 0 Å². The van der Waals surface area contributed by atoms with Crippen LogP contribution in [-0.2, 0) is 6.54 Å². The zero-order chi connectivity index (χ0) is 14.0. The average molecular weight is 264 g/mol. The molecule has 0 unspecified atom stereocenters. The van der Waals surface area contributed by atoms with Crippen molar-refractivity contribution in [2.45, 2.75) is 13.5 Å². The lowest BCUT2D eigenvalue weighted by Gasteiger charge is -2.07. The van der Waals surface area contributed by atoms with E-state index in [9.17, 15) is 9.18 Å². The van der Waals surface area contributed by atoms with Crippen molar-refractivity contribution in [3.05, 3.63) is 47.0 Å². The van der Waals surface area contributed by atoms with Gasteiger partial charge in [0.05, 0.1) is 19.3 Å². The molecule has 0 radical (unpaired) electrons. The van der Waals surface area contributed by atoms with Crippen LogP contribution in [0.4, 0.5) is 4.39 Å². The van der Waals surface area contributed by atoms with E-state index in [-0.39, 0.29) is 17.9 Å². The summed E-state index contributed by atoms with van der Waals surface area (Å²) in [6.45, 7) is 1.75. The summed E-state index contributed by atoms with van der Waals surface area (Å²) in [4.78, 5) is 10.9. The fourth-order valence-corrected chi connectivity index (χ4v) is 1.82. The molecule has 19 heavy (non-hydrogen) atoms. The minimum absolute atomic E-state index is 0.114. The highest BCUT2D eigenvalue weighted by atomic mass is 19.1. The van der Waals surface area contributed by atoms with Crippen molar-refractivity contribution < 1.29 is 19.0 Å². The minimum Gasteiger partial charge on any atom is -0.494 e. The second kappa shape index (κ2) is 5.09. The van der Waals surface area contributed by atoms with Crippen LogP contribution < -0.4 is 4.74 Å². The third-order valence-electron chi connectivity index (χ3n) is 2.77. The number of hydrogen-bond acceptors (Lipinski definition) is 3. The molecule has 1 N–H and O–H groups in total. The van der Waals surface area contributed by atoms with Gasteiger partial charge in [-0.1, -0.05) is 12.1 Å². The summed E-state index contributed by atoms with van der Waals surface area (Å²) < 4.78 is 20.2. The number of hydrogen-bond donors (Lipinski definition) is 1. The van der Waals surface area contributed by atoms with E-state index in [2.05, 4.69) is 5.10 Å². The number of aromatic nitrogens is 2. The second-order valence-corrected chi connectivity index (χ2v) is 4.06. The summed E-state index contributed by atoms with van der Waals surface area (Å²) in [6.07, 6.45) is 1.39. The highest BCUT2D eigenvalue weighted by molar-refractivity contribution is 5.88. The smallest absolute Gasteiger partial charge is 0.339 e. The Balaban J connectivity index is 2.31. The number of nitrogens with zero attached hydrogens (tertiary/aromatic N) is 2. The van der Waals surface area contributed by atoms with Crippen molar-refractivity contribution in [1.82, 2.24) is 9.78 Å². The largest absolute Gasteiger partial charge is 0.494 e. The summed E-state index contributed by atoms with van der Waals surface area (Å²) in [5.41, 5.74) is 0.901. The monoisotopic (exact) mass is 264 g/mol. The summed E-state index contributed by atoms with van der Waals surface area (Å²) >= 11 is 0. The first-order valence-corrected chi connectivity index (χ1v) is 5.61. The maximum Gasteiger partial charge on any atom is 0.339 e. The molecule has 0 saturated carbocycles.